The zero-order valence-electron chi connectivity index (χ0n) is 8.83. The van der Waals surface area contributed by atoms with E-state index >= 15 is 0 Å². The predicted molar refractivity (Wildman–Crippen MR) is 24.4 cm³/mol. The quantitative estimate of drug-likeness (QED) is 0.281. The van der Waals surface area contributed by atoms with E-state index in [1.165, 1.54) is 0 Å². The van der Waals surface area contributed by atoms with Gasteiger partial charge in [0.15, 0.2) is 0 Å². The van der Waals surface area contributed by atoms with Crippen molar-refractivity contribution in [2.45, 2.75) is 0 Å². The molecule has 0 aliphatic heterocycles. The Morgan fingerprint density at radius 2 is 1.12 bits per heavy atom. The van der Waals surface area contributed by atoms with E-state index in [9.17, 15) is 0 Å². The summed E-state index contributed by atoms with van der Waals surface area (Å²) in [6.45, 7) is 0. The Kier molecular flexibility index (Phi) is 27.0. The normalized spacial score (nSPS) is 7.25. The van der Waals surface area contributed by atoms with Gasteiger partial charge in [0, 0.05) is 0 Å². The van der Waals surface area contributed by atoms with Crippen LogP contribution in [0.5, 0.6) is 0 Å². The maximum Gasteiger partial charge on any atom is 2.00 e. The van der Waals surface area contributed by atoms with E-state index in [4.69, 9.17) is 17.5 Å². The topological polar surface area (TPSA) is 74.6 Å². The minimum atomic E-state index is -4.67. The van der Waals surface area contributed by atoms with E-state index < -0.39 is 10.4 Å². The molecule has 0 fully saturated rings. The second kappa shape index (κ2) is 9.64. The van der Waals surface area contributed by atoms with Gasteiger partial charge in [-0.3, -0.25) is 9.11 Å². The molecule has 0 aromatic rings. The smallest absolute Gasteiger partial charge is 1.00 e. The van der Waals surface area contributed by atoms with Gasteiger partial charge in [-0.1, -0.05) is 0 Å². The Hall–Kier alpha value is 2.64. The van der Waals surface area contributed by atoms with Gasteiger partial charge in [-0.15, -0.1) is 0 Å². The maximum absolute atomic E-state index is 8.74. The minimum Gasteiger partial charge on any atom is -1.00 e. The molecule has 0 spiro atoms. The van der Waals surface area contributed by atoms with E-state index in [1.54, 1.807) is 0 Å². The minimum absolute atomic E-state index is 0. The Labute approximate surface area is 114 Å². The zero-order valence-corrected chi connectivity index (χ0v) is 11.1. The first-order valence-corrected chi connectivity index (χ1v) is 2.10. The van der Waals surface area contributed by atoms with Gasteiger partial charge in [-0.2, -0.15) is 8.42 Å². The Morgan fingerprint density at radius 1 is 1.12 bits per heavy atom. The molecule has 0 aromatic carbocycles. The third kappa shape index (κ3) is 72.5. The molecule has 8 heavy (non-hydrogen) atoms. The van der Waals surface area contributed by atoms with Crippen LogP contribution in [0, 0.1) is 0 Å². The van der Waals surface area contributed by atoms with Crippen molar-refractivity contribution in [1.82, 2.24) is 0 Å². The van der Waals surface area contributed by atoms with E-state index in [0.717, 1.165) is 0 Å². The van der Waals surface area contributed by atoms with Crippen LogP contribution in [0.25, 0.3) is 0 Å². The Bertz CT molecular complexity index is 108. The molecule has 2 N–H and O–H groups in total. The average Bonchev–Trinajstić information content (AvgIpc) is 0.722. The zero-order chi connectivity index (χ0) is 4.50. The summed E-state index contributed by atoms with van der Waals surface area (Å²) in [5, 5.41) is 0. The fraction of sp³-hybridized carbons (Fsp3) is 0. The van der Waals surface area contributed by atoms with Gasteiger partial charge in [0.2, 0.25) is 0 Å². The fourth-order valence-corrected chi connectivity index (χ4v) is 0. The van der Waals surface area contributed by atoms with Gasteiger partial charge in [0.1, 0.15) is 0 Å². The van der Waals surface area contributed by atoms with Crippen LogP contribution in [0.1, 0.15) is 5.71 Å². The van der Waals surface area contributed by atoms with Crippen molar-refractivity contribution >= 4 is 33.5 Å². The summed E-state index contributed by atoms with van der Waals surface area (Å²) in [5.41, 5.74) is 0. The van der Waals surface area contributed by atoms with E-state index in [0.29, 0.717) is 0 Å². The first kappa shape index (κ1) is 22.4. The van der Waals surface area contributed by atoms with Gasteiger partial charge >= 0.3 is 92.6 Å². The molecule has 4 nitrogen and oxygen atoms in total. The molecule has 0 saturated heterocycles. The summed E-state index contributed by atoms with van der Waals surface area (Å²) in [4.78, 5) is 0. The molecular formula is H6MgNa2O4S. The molecule has 0 aromatic heterocycles. The number of hydrogen-bond acceptors (Lipinski definition) is 2. The summed E-state index contributed by atoms with van der Waals surface area (Å²) < 4.78 is 31.6. The fourth-order valence-electron chi connectivity index (χ4n) is 0. The standard InChI is InChI=1S/Mg.2Na.H2O4S.4H/c;;;1-5(2,3)4;;;;/h;;;(H2,1,2,3,4);;;;/q+2;2*+1;;4*-1. The van der Waals surface area contributed by atoms with Crippen molar-refractivity contribution in [3.63, 3.8) is 0 Å². The molecule has 0 saturated carbocycles. The number of hydrogen-bond donors (Lipinski definition) is 2. The summed E-state index contributed by atoms with van der Waals surface area (Å²) in [6.07, 6.45) is 0. The first-order chi connectivity index (χ1) is 2.00. The van der Waals surface area contributed by atoms with Crippen LogP contribution in [0.3, 0.4) is 0 Å². The van der Waals surface area contributed by atoms with Crippen molar-refractivity contribution in [3.8, 4) is 0 Å². The summed E-state index contributed by atoms with van der Waals surface area (Å²) >= 11 is 0. The summed E-state index contributed by atoms with van der Waals surface area (Å²) in [5.74, 6) is 0. The molecule has 0 unspecified atom stereocenters. The number of rotatable bonds is 0. The molecule has 0 bridgehead atoms. The van der Waals surface area contributed by atoms with Crippen molar-refractivity contribution in [1.29, 1.82) is 0 Å². The maximum atomic E-state index is 8.74. The van der Waals surface area contributed by atoms with E-state index in [-0.39, 0.29) is 87.9 Å². The van der Waals surface area contributed by atoms with Gasteiger partial charge in [-0.25, -0.2) is 0 Å². The SMILES string of the molecule is O=S(=O)(O)O.[H-].[H-].[H-].[H-].[Mg+2].[Na+].[Na+]. The molecule has 8 heteroatoms. The van der Waals surface area contributed by atoms with Gasteiger partial charge in [-0.05, 0) is 0 Å². The van der Waals surface area contributed by atoms with Crippen molar-refractivity contribution < 1.29 is 82.3 Å². The van der Waals surface area contributed by atoms with E-state index in [2.05, 4.69) is 0 Å². The molecule has 0 atom stereocenters. The first-order valence-electron chi connectivity index (χ1n) is 0.698. The third-order valence-corrected chi connectivity index (χ3v) is 0. The molecule has 0 aliphatic rings. The molecule has 0 heterocycles. The van der Waals surface area contributed by atoms with E-state index in [1.807, 2.05) is 0 Å². The summed E-state index contributed by atoms with van der Waals surface area (Å²) in [7, 11) is -4.67. The van der Waals surface area contributed by atoms with Gasteiger partial charge in [0.05, 0.1) is 0 Å². The largest absolute Gasteiger partial charge is 2.00 e. The van der Waals surface area contributed by atoms with Gasteiger partial charge < -0.3 is 5.71 Å². The van der Waals surface area contributed by atoms with Crippen LogP contribution >= 0.6 is 0 Å². The second-order valence-corrected chi connectivity index (χ2v) is 1.34. The average molecular weight is 172 g/mol. The third-order valence-electron chi connectivity index (χ3n) is 0. The molecule has 0 radical (unpaired) electrons. The Morgan fingerprint density at radius 3 is 1.12 bits per heavy atom. The monoisotopic (exact) mass is 172 g/mol. The molecule has 0 rings (SSSR count). The van der Waals surface area contributed by atoms with Crippen molar-refractivity contribution in [2.24, 2.45) is 0 Å². The summed E-state index contributed by atoms with van der Waals surface area (Å²) in [6, 6.07) is 0. The van der Waals surface area contributed by atoms with Crippen LogP contribution in [-0.2, 0) is 10.4 Å². The molecule has 0 aliphatic carbocycles. The van der Waals surface area contributed by atoms with Gasteiger partial charge in [0.25, 0.3) is 0 Å². The predicted octanol–water partition coefficient (Wildman–Crippen LogP) is -6.58. The second-order valence-electron chi connectivity index (χ2n) is 0.448. The van der Waals surface area contributed by atoms with Crippen LogP contribution in [0.4, 0.5) is 0 Å². The van der Waals surface area contributed by atoms with Crippen LogP contribution in [-0.4, -0.2) is 40.6 Å². The van der Waals surface area contributed by atoms with Crippen LogP contribution in [0.2, 0.25) is 0 Å². The molecule has 40 valence electrons. The van der Waals surface area contributed by atoms with Crippen LogP contribution < -0.4 is 59.1 Å². The van der Waals surface area contributed by atoms with Crippen LogP contribution in [0.15, 0.2) is 0 Å². The Balaban J connectivity index is -0.00000000381. The molecule has 0 amide bonds. The molecular weight excluding hydrogens is 166 g/mol. The van der Waals surface area contributed by atoms with Crippen molar-refractivity contribution in [2.75, 3.05) is 0 Å². The van der Waals surface area contributed by atoms with Crippen molar-refractivity contribution in [3.05, 3.63) is 0 Å².